The number of rotatable bonds is 4. The fraction of sp³-hybridized carbons (Fsp3) is 0.176. The second kappa shape index (κ2) is 5.59. The number of hydrogen-bond donors (Lipinski definition) is 1. The van der Waals surface area contributed by atoms with Gasteiger partial charge < -0.3 is 9.88 Å². The first-order valence-electron chi connectivity index (χ1n) is 6.77. The minimum Gasteiger partial charge on any atom is -0.383 e. The van der Waals surface area contributed by atoms with Crippen molar-refractivity contribution in [2.45, 2.75) is 13.5 Å². The molecule has 0 unspecified atom stereocenters. The maximum absolute atomic E-state index is 6.06. The highest BCUT2D eigenvalue weighted by Gasteiger charge is 2.01. The van der Waals surface area contributed by atoms with Crippen LogP contribution in [0.15, 0.2) is 54.7 Å². The first-order chi connectivity index (χ1) is 9.72. The Morgan fingerprint density at radius 3 is 2.65 bits per heavy atom. The standard InChI is InChI=1S/C17H17ClN2/c1-13-2-6-16(7-3-13)19-9-11-20-10-8-14-4-5-15(18)12-17(14)20/h2-8,10,12,19H,9,11H2,1H3. The molecule has 0 atom stereocenters. The maximum Gasteiger partial charge on any atom is 0.0495 e. The van der Waals surface area contributed by atoms with Gasteiger partial charge >= 0.3 is 0 Å². The summed E-state index contributed by atoms with van der Waals surface area (Å²) in [5.41, 5.74) is 3.62. The molecule has 3 heteroatoms. The molecule has 1 aromatic heterocycles. The molecule has 0 saturated carbocycles. The quantitative estimate of drug-likeness (QED) is 0.734. The van der Waals surface area contributed by atoms with Gasteiger partial charge in [-0.25, -0.2) is 0 Å². The smallest absolute Gasteiger partial charge is 0.0495 e. The number of hydrogen-bond acceptors (Lipinski definition) is 1. The van der Waals surface area contributed by atoms with Crippen LogP contribution < -0.4 is 5.32 Å². The predicted molar refractivity (Wildman–Crippen MR) is 86.6 cm³/mol. The van der Waals surface area contributed by atoms with E-state index in [4.69, 9.17) is 11.6 Å². The Morgan fingerprint density at radius 2 is 1.85 bits per heavy atom. The largest absolute Gasteiger partial charge is 0.383 e. The lowest BCUT2D eigenvalue weighted by molar-refractivity contribution is 0.757. The minimum absolute atomic E-state index is 0.781. The van der Waals surface area contributed by atoms with Crippen LogP contribution in [0.3, 0.4) is 0 Å². The van der Waals surface area contributed by atoms with E-state index in [0.29, 0.717) is 0 Å². The number of nitrogens with zero attached hydrogens (tertiary/aromatic N) is 1. The molecule has 3 aromatic rings. The number of halogens is 1. The van der Waals surface area contributed by atoms with Crippen LogP contribution in [0.5, 0.6) is 0 Å². The van der Waals surface area contributed by atoms with Crippen LogP contribution in [0.2, 0.25) is 5.02 Å². The van der Waals surface area contributed by atoms with Crippen LogP contribution >= 0.6 is 11.6 Å². The molecule has 2 nitrogen and oxygen atoms in total. The Morgan fingerprint density at radius 1 is 1.05 bits per heavy atom. The van der Waals surface area contributed by atoms with Crippen LogP contribution in [-0.4, -0.2) is 11.1 Å². The van der Waals surface area contributed by atoms with E-state index in [1.54, 1.807) is 0 Å². The first kappa shape index (κ1) is 13.1. The van der Waals surface area contributed by atoms with Crippen LogP contribution in [0, 0.1) is 6.92 Å². The summed E-state index contributed by atoms with van der Waals surface area (Å²) < 4.78 is 2.22. The zero-order valence-electron chi connectivity index (χ0n) is 11.4. The van der Waals surface area contributed by atoms with E-state index in [9.17, 15) is 0 Å². The van der Waals surface area contributed by atoms with Gasteiger partial charge in [-0.15, -0.1) is 0 Å². The van der Waals surface area contributed by atoms with Gasteiger partial charge in [-0.05, 0) is 42.6 Å². The zero-order chi connectivity index (χ0) is 13.9. The SMILES string of the molecule is Cc1ccc(NCCn2ccc3ccc(Cl)cc32)cc1. The second-order valence-corrected chi connectivity index (χ2v) is 5.44. The molecule has 0 saturated heterocycles. The van der Waals surface area contributed by atoms with Gasteiger partial charge in [-0.3, -0.25) is 0 Å². The molecule has 20 heavy (non-hydrogen) atoms. The monoisotopic (exact) mass is 284 g/mol. The van der Waals surface area contributed by atoms with Gasteiger partial charge in [-0.1, -0.05) is 35.4 Å². The van der Waals surface area contributed by atoms with Gasteiger partial charge in [0, 0.05) is 35.5 Å². The number of fused-ring (bicyclic) bond motifs is 1. The second-order valence-electron chi connectivity index (χ2n) is 5.01. The van der Waals surface area contributed by atoms with Crippen molar-refractivity contribution in [3.8, 4) is 0 Å². The van der Waals surface area contributed by atoms with Gasteiger partial charge in [0.15, 0.2) is 0 Å². The summed E-state index contributed by atoms with van der Waals surface area (Å²) in [6.45, 7) is 3.90. The predicted octanol–water partition coefficient (Wildman–Crippen LogP) is 4.72. The summed E-state index contributed by atoms with van der Waals surface area (Å²) in [6.07, 6.45) is 2.11. The van der Waals surface area contributed by atoms with Crippen molar-refractivity contribution in [3.63, 3.8) is 0 Å². The molecule has 0 fully saturated rings. The lowest BCUT2D eigenvalue weighted by Crippen LogP contribution is -2.09. The third-order valence-electron chi connectivity index (χ3n) is 3.47. The first-order valence-corrected chi connectivity index (χ1v) is 7.15. The van der Waals surface area contributed by atoms with E-state index in [2.05, 4.69) is 59.4 Å². The summed E-state index contributed by atoms with van der Waals surface area (Å²) in [6, 6.07) is 16.6. The number of aromatic nitrogens is 1. The normalized spacial score (nSPS) is 10.9. The Bertz CT molecular complexity index is 713. The van der Waals surface area contributed by atoms with Gasteiger partial charge in [0.2, 0.25) is 0 Å². The summed E-state index contributed by atoms with van der Waals surface area (Å²) in [4.78, 5) is 0. The molecular formula is C17H17ClN2. The number of aryl methyl sites for hydroxylation is 1. The summed E-state index contributed by atoms with van der Waals surface area (Å²) in [5, 5.41) is 5.44. The van der Waals surface area contributed by atoms with Gasteiger partial charge in [0.25, 0.3) is 0 Å². The zero-order valence-corrected chi connectivity index (χ0v) is 12.2. The molecule has 0 amide bonds. The summed E-state index contributed by atoms with van der Waals surface area (Å²) in [7, 11) is 0. The molecule has 2 aromatic carbocycles. The maximum atomic E-state index is 6.06. The van der Waals surface area contributed by atoms with Crippen LogP contribution in [0.1, 0.15) is 5.56 Å². The molecular weight excluding hydrogens is 268 g/mol. The van der Waals surface area contributed by atoms with E-state index in [1.807, 2.05) is 12.1 Å². The van der Waals surface area contributed by atoms with Crippen molar-refractivity contribution in [1.82, 2.24) is 4.57 Å². The molecule has 0 aliphatic rings. The van der Waals surface area contributed by atoms with Crippen LogP contribution in [0.25, 0.3) is 10.9 Å². The third kappa shape index (κ3) is 2.81. The molecule has 0 spiro atoms. The average molecular weight is 285 g/mol. The fourth-order valence-electron chi connectivity index (χ4n) is 2.34. The third-order valence-corrected chi connectivity index (χ3v) is 3.70. The van der Waals surface area contributed by atoms with Gasteiger partial charge in [0.1, 0.15) is 0 Å². The van der Waals surface area contributed by atoms with E-state index in [0.717, 1.165) is 23.8 Å². The number of benzene rings is 2. The summed E-state index contributed by atoms with van der Waals surface area (Å²) >= 11 is 6.06. The van der Waals surface area contributed by atoms with Crippen molar-refractivity contribution in [3.05, 3.63) is 65.3 Å². The molecule has 3 rings (SSSR count). The highest BCUT2D eigenvalue weighted by atomic mass is 35.5. The molecule has 0 radical (unpaired) electrons. The lowest BCUT2D eigenvalue weighted by atomic mass is 10.2. The molecule has 1 N–H and O–H groups in total. The van der Waals surface area contributed by atoms with E-state index < -0.39 is 0 Å². The number of nitrogens with one attached hydrogen (secondary N) is 1. The van der Waals surface area contributed by atoms with Crippen LogP contribution in [-0.2, 0) is 6.54 Å². The summed E-state index contributed by atoms with van der Waals surface area (Å²) in [5.74, 6) is 0. The number of anilines is 1. The Balaban J connectivity index is 1.68. The molecule has 0 aliphatic carbocycles. The van der Waals surface area contributed by atoms with Crippen LogP contribution in [0.4, 0.5) is 5.69 Å². The molecule has 102 valence electrons. The molecule has 0 aliphatic heterocycles. The topological polar surface area (TPSA) is 17.0 Å². The molecule has 1 heterocycles. The Hall–Kier alpha value is -1.93. The van der Waals surface area contributed by atoms with Gasteiger partial charge in [-0.2, -0.15) is 0 Å². The van der Waals surface area contributed by atoms with Gasteiger partial charge in [0.05, 0.1) is 0 Å². The average Bonchev–Trinajstić information content (AvgIpc) is 2.84. The minimum atomic E-state index is 0.781. The Kier molecular flexibility index (Phi) is 3.66. The van der Waals surface area contributed by atoms with Crippen molar-refractivity contribution >= 4 is 28.2 Å². The lowest BCUT2D eigenvalue weighted by Gasteiger charge is -2.09. The fourth-order valence-corrected chi connectivity index (χ4v) is 2.51. The van der Waals surface area contributed by atoms with E-state index in [-0.39, 0.29) is 0 Å². The molecule has 0 bridgehead atoms. The van der Waals surface area contributed by atoms with E-state index >= 15 is 0 Å². The highest BCUT2D eigenvalue weighted by Crippen LogP contribution is 2.20. The van der Waals surface area contributed by atoms with Crippen molar-refractivity contribution in [2.24, 2.45) is 0 Å². The Labute approximate surface area is 124 Å². The van der Waals surface area contributed by atoms with E-state index in [1.165, 1.54) is 16.5 Å². The highest BCUT2D eigenvalue weighted by molar-refractivity contribution is 6.31. The van der Waals surface area contributed by atoms with Crippen molar-refractivity contribution < 1.29 is 0 Å². The van der Waals surface area contributed by atoms with Crippen molar-refractivity contribution in [2.75, 3.05) is 11.9 Å². The van der Waals surface area contributed by atoms with Crippen molar-refractivity contribution in [1.29, 1.82) is 0 Å².